The molecule has 0 aliphatic heterocycles. The van der Waals surface area contributed by atoms with E-state index in [1.54, 1.807) is 0 Å². The number of nitrogens with two attached hydrogens (primary N) is 1. The maximum absolute atomic E-state index is 5.80. The van der Waals surface area contributed by atoms with Gasteiger partial charge in [0, 0.05) is 20.0 Å². The molecule has 0 bridgehead atoms. The van der Waals surface area contributed by atoms with E-state index in [0.717, 1.165) is 16.1 Å². The van der Waals surface area contributed by atoms with Gasteiger partial charge in [-0.25, -0.2) is 9.97 Å². The van der Waals surface area contributed by atoms with Crippen LogP contribution in [0.5, 0.6) is 0 Å². The van der Waals surface area contributed by atoms with Crippen molar-refractivity contribution in [1.82, 2.24) is 9.97 Å². The molecule has 0 saturated heterocycles. The Labute approximate surface area is 91.7 Å². The van der Waals surface area contributed by atoms with Crippen molar-refractivity contribution < 1.29 is 0 Å². The van der Waals surface area contributed by atoms with Gasteiger partial charge in [0.2, 0.25) is 0 Å². The van der Waals surface area contributed by atoms with Crippen molar-refractivity contribution in [3.05, 3.63) is 10.3 Å². The summed E-state index contributed by atoms with van der Waals surface area (Å²) >= 11 is 3.39. The third-order valence-corrected chi connectivity index (χ3v) is 3.00. The lowest BCUT2D eigenvalue weighted by Crippen LogP contribution is -2.14. The van der Waals surface area contributed by atoms with Crippen LogP contribution in [-0.4, -0.2) is 24.1 Å². The number of rotatable bonds is 2. The Kier molecular flexibility index (Phi) is 2.34. The summed E-state index contributed by atoms with van der Waals surface area (Å²) in [6.45, 7) is 0. The summed E-state index contributed by atoms with van der Waals surface area (Å²) < 4.78 is 0.784. The molecule has 76 valence electrons. The average Bonchev–Trinajstić information content (AvgIpc) is 2.91. The molecule has 1 aromatic rings. The number of nitrogen functional groups attached to an aromatic ring is 1. The summed E-state index contributed by atoms with van der Waals surface area (Å²) in [6.07, 6.45) is 2.38. The van der Waals surface area contributed by atoms with E-state index in [-0.39, 0.29) is 0 Å². The fourth-order valence-corrected chi connectivity index (χ4v) is 1.82. The van der Waals surface area contributed by atoms with Crippen LogP contribution in [0, 0.1) is 0 Å². The van der Waals surface area contributed by atoms with Crippen molar-refractivity contribution in [1.29, 1.82) is 0 Å². The molecule has 0 radical (unpaired) electrons. The van der Waals surface area contributed by atoms with Crippen molar-refractivity contribution in [2.45, 2.75) is 18.8 Å². The highest BCUT2D eigenvalue weighted by atomic mass is 79.9. The molecular weight excluding hydrogens is 244 g/mol. The van der Waals surface area contributed by atoms with Gasteiger partial charge in [-0.05, 0) is 28.8 Å². The number of hydrogen-bond donors (Lipinski definition) is 1. The monoisotopic (exact) mass is 256 g/mol. The lowest BCUT2D eigenvalue weighted by Gasteiger charge is -2.15. The topological polar surface area (TPSA) is 55.0 Å². The summed E-state index contributed by atoms with van der Waals surface area (Å²) in [5.74, 6) is 2.81. The van der Waals surface area contributed by atoms with Crippen LogP contribution < -0.4 is 10.6 Å². The van der Waals surface area contributed by atoms with Gasteiger partial charge in [0.15, 0.2) is 0 Å². The van der Waals surface area contributed by atoms with Crippen molar-refractivity contribution in [3.63, 3.8) is 0 Å². The molecule has 5 heteroatoms. The number of anilines is 2. The fraction of sp³-hybridized carbons (Fsp3) is 0.556. The Hall–Kier alpha value is -0.840. The first kappa shape index (κ1) is 9.71. The second-order valence-corrected chi connectivity index (χ2v) is 4.57. The maximum Gasteiger partial charge on any atom is 0.148 e. The second-order valence-electron chi connectivity index (χ2n) is 3.77. The van der Waals surface area contributed by atoms with Crippen LogP contribution in [0.25, 0.3) is 0 Å². The second kappa shape index (κ2) is 3.38. The quantitative estimate of drug-likeness (QED) is 0.877. The molecular formula is C9H13BrN4. The Morgan fingerprint density at radius 1 is 1.36 bits per heavy atom. The van der Waals surface area contributed by atoms with Crippen molar-refractivity contribution in [2.24, 2.45) is 0 Å². The van der Waals surface area contributed by atoms with Crippen LogP contribution in [0.15, 0.2) is 4.47 Å². The van der Waals surface area contributed by atoms with Crippen molar-refractivity contribution >= 4 is 27.6 Å². The molecule has 1 fully saturated rings. The minimum absolute atomic E-state index is 0.532. The molecule has 1 saturated carbocycles. The molecule has 0 aromatic carbocycles. The predicted octanol–water partition coefficient (Wildman–Crippen LogP) is 1.76. The number of hydrogen-bond acceptors (Lipinski definition) is 4. The molecule has 1 aromatic heterocycles. The largest absolute Gasteiger partial charge is 0.383 e. The van der Waals surface area contributed by atoms with Crippen LogP contribution in [0.2, 0.25) is 0 Å². The average molecular weight is 257 g/mol. The van der Waals surface area contributed by atoms with E-state index in [0.29, 0.717) is 11.7 Å². The summed E-state index contributed by atoms with van der Waals surface area (Å²) in [6, 6.07) is 0. The predicted molar refractivity (Wildman–Crippen MR) is 60.4 cm³/mol. The van der Waals surface area contributed by atoms with Gasteiger partial charge in [0.25, 0.3) is 0 Å². The van der Waals surface area contributed by atoms with Gasteiger partial charge in [0.05, 0.1) is 0 Å². The van der Waals surface area contributed by atoms with Crippen LogP contribution in [0.4, 0.5) is 11.6 Å². The van der Waals surface area contributed by atoms with E-state index in [1.807, 2.05) is 19.0 Å². The van der Waals surface area contributed by atoms with Gasteiger partial charge in [-0.1, -0.05) is 0 Å². The van der Waals surface area contributed by atoms with E-state index in [4.69, 9.17) is 5.73 Å². The molecule has 14 heavy (non-hydrogen) atoms. The highest BCUT2D eigenvalue weighted by Gasteiger charge is 2.28. The van der Waals surface area contributed by atoms with Gasteiger partial charge in [-0.2, -0.15) is 0 Å². The molecule has 1 aliphatic carbocycles. The first-order chi connectivity index (χ1) is 6.59. The Morgan fingerprint density at radius 2 is 2.00 bits per heavy atom. The Balaban J connectivity index is 2.46. The molecule has 0 atom stereocenters. The molecule has 2 N–H and O–H groups in total. The normalized spacial score (nSPS) is 15.6. The SMILES string of the molecule is CN(C)c1nc(C2CC2)nc(N)c1Br. The first-order valence-electron chi connectivity index (χ1n) is 4.60. The lowest BCUT2D eigenvalue weighted by molar-refractivity contribution is 0.905. The summed E-state index contributed by atoms with van der Waals surface area (Å²) in [4.78, 5) is 10.7. The van der Waals surface area contributed by atoms with Gasteiger partial charge in [-0.15, -0.1) is 0 Å². The van der Waals surface area contributed by atoms with Crippen molar-refractivity contribution in [2.75, 3.05) is 24.7 Å². The van der Waals surface area contributed by atoms with E-state index in [9.17, 15) is 0 Å². The molecule has 0 amide bonds. The maximum atomic E-state index is 5.80. The van der Waals surface area contributed by atoms with Gasteiger partial charge < -0.3 is 10.6 Å². The third kappa shape index (κ3) is 1.68. The van der Waals surface area contributed by atoms with E-state index >= 15 is 0 Å². The highest BCUT2D eigenvalue weighted by Crippen LogP contribution is 2.40. The van der Waals surface area contributed by atoms with Crippen LogP contribution >= 0.6 is 15.9 Å². The number of halogens is 1. The Bertz CT molecular complexity index is 360. The summed E-state index contributed by atoms with van der Waals surface area (Å²) in [5.41, 5.74) is 5.80. The Morgan fingerprint density at radius 3 is 2.50 bits per heavy atom. The van der Waals surface area contributed by atoms with Gasteiger partial charge >= 0.3 is 0 Å². The van der Waals surface area contributed by atoms with E-state index in [2.05, 4.69) is 25.9 Å². The number of aromatic nitrogens is 2. The third-order valence-electron chi connectivity index (χ3n) is 2.24. The smallest absolute Gasteiger partial charge is 0.148 e. The summed E-state index contributed by atoms with van der Waals surface area (Å²) in [7, 11) is 3.90. The zero-order valence-electron chi connectivity index (χ0n) is 8.29. The zero-order valence-corrected chi connectivity index (χ0v) is 9.87. The van der Waals surface area contributed by atoms with Crippen LogP contribution in [-0.2, 0) is 0 Å². The standard InChI is InChI=1S/C9H13BrN4/c1-14(2)9-6(10)7(11)12-8(13-9)5-3-4-5/h5H,3-4H2,1-2H3,(H2,11,12,13). The lowest BCUT2D eigenvalue weighted by atomic mass is 10.3. The first-order valence-corrected chi connectivity index (χ1v) is 5.39. The molecule has 0 spiro atoms. The zero-order chi connectivity index (χ0) is 10.3. The van der Waals surface area contributed by atoms with Gasteiger partial charge in [-0.3, -0.25) is 0 Å². The molecule has 2 rings (SSSR count). The van der Waals surface area contributed by atoms with Crippen LogP contribution in [0.1, 0.15) is 24.6 Å². The van der Waals surface area contributed by atoms with E-state index < -0.39 is 0 Å². The molecule has 0 unspecified atom stereocenters. The highest BCUT2D eigenvalue weighted by molar-refractivity contribution is 9.10. The van der Waals surface area contributed by atoms with Crippen LogP contribution in [0.3, 0.4) is 0 Å². The van der Waals surface area contributed by atoms with E-state index in [1.165, 1.54) is 12.8 Å². The minimum Gasteiger partial charge on any atom is -0.383 e. The number of nitrogens with zero attached hydrogens (tertiary/aromatic N) is 3. The molecule has 1 heterocycles. The molecule has 1 aliphatic rings. The van der Waals surface area contributed by atoms with Crippen molar-refractivity contribution in [3.8, 4) is 0 Å². The van der Waals surface area contributed by atoms with Gasteiger partial charge in [0.1, 0.15) is 21.9 Å². The fourth-order valence-electron chi connectivity index (χ4n) is 1.29. The summed E-state index contributed by atoms with van der Waals surface area (Å²) in [5, 5.41) is 0. The minimum atomic E-state index is 0.532. The molecule has 4 nitrogen and oxygen atoms in total.